The van der Waals surface area contributed by atoms with E-state index in [1.165, 1.54) is 13.8 Å². The van der Waals surface area contributed by atoms with E-state index in [2.05, 4.69) is 15.4 Å². The van der Waals surface area contributed by atoms with E-state index >= 15 is 0 Å². The fourth-order valence-corrected chi connectivity index (χ4v) is 2.34. The number of phosphoric acid groups is 2. The number of hydrogen-bond acceptors (Lipinski definition) is 6. The first-order valence-electron chi connectivity index (χ1n) is 4.53. The van der Waals surface area contributed by atoms with Crippen LogP contribution in [0.25, 0.3) is 0 Å². The second-order valence-corrected chi connectivity index (χ2v) is 6.16. The van der Waals surface area contributed by atoms with Crippen LogP contribution in [0.4, 0.5) is 0 Å². The topological polar surface area (TPSA) is 140 Å². The van der Waals surface area contributed by atoms with Gasteiger partial charge in [-0.15, -0.1) is 0 Å². The van der Waals surface area contributed by atoms with Gasteiger partial charge < -0.3 is 19.4 Å². The average Bonchev–Trinajstić information content (AvgIpc) is 2.11. The first kappa shape index (κ1) is 17.5. The Morgan fingerprint density at radius 3 is 2.22 bits per heavy atom. The van der Waals surface area contributed by atoms with Gasteiger partial charge in [0.25, 0.3) is 0 Å². The summed E-state index contributed by atoms with van der Waals surface area (Å²) in [5.74, 6) is -0.727. The Kier molecular flexibility index (Phi) is 6.39. The summed E-state index contributed by atoms with van der Waals surface area (Å²) in [6, 6.07) is 0. The summed E-state index contributed by atoms with van der Waals surface area (Å²) < 4.78 is 33.8. The van der Waals surface area contributed by atoms with Crippen molar-refractivity contribution >= 4 is 21.6 Å². The summed E-state index contributed by atoms with van der Waals surface area (Å²) in [6.07, 6.45) is -0.921. The molecule has 11 heteroatoms. The molecule has 0 amide bonds. The van der Waals surface area contributed by atoms with Crippen LogP contribution in [0.1, 0.15) is 13.8 Å². The van der Waals surface area contributed by atoms with E-state index < -0.39 is 34.3 Å². The van der Waals surface area contributed by atoms with Crippen molar-refractivity contribution in [3.63, 3.8) is 0 Å². The number of esters is 1. The van der Waals surface area contributed by atoms with Crippen LogP contribution in [0.5, 0.6) is 0 Å². The molecule has 0 aromatic heterocycles. The zero-order valence-electron chi connectivity index (χ0n) is 9.68. The summed E-state index contributed by atoms with van der Waals surface area (Å²) in [5, 5.41) is 0. The lowest BCUT2D eigenvalue weighted by molar-refractivity contribution is -0.144. The molecule has 0 heterocycles. The van der Waals surface area contributed by atoms with Gasteiger partial charge in [-0.2, -0.15) is 4.31 Å². The van der Waals surface area contributed by atoms with Gasteiger partial charge >= 0.3 is 21.6 Å². The van der Waals surface area contributed by atoms with Crippen molar-refractivity contribution in [1.29, 1.82) is 0 Å². The van der Waals surface area contributed by atoms with Crippen molar-refractivity contribution < 1.29 is 42.2 Å². The van der Waals surface area contributed by atoms with Crippen LogP contribution in [-0.4, -0.2) is 33.4 Å². The zero-order valence-corrected chi connectivity index (χ0v) is 11.5. The quantitative estimate of drug-likeness (QED) is 0.352. The predicted molar refractivity (Wildman–Crippen MR) is 59.3 cm³/mol. The molecule has 0 saturated carbocycles. The molecule has 0 spiro atoms. The minimum atomic E-state index is -5.15. The summed E-state index contributed by atoms with van der Waals surface area (Å²) in [6.45, 7) is 5.49. The van der Waals surface area contributed by atoms with E-state index in [0.717, 1.165) is 0 Å². The van der Waals surface area contributed by atoms with Crippen LogP contribution >= 0.6 is 15.6 Å². The second-order valence-electron chi connectivity index (χ2n) is 3.33. The molecule has 2 atom stereocenters. The van der Waals surface area contributed by atoms with Gasteiger partial charge in [-0.05, 0) is 13.8 Å². The predicted octanol–water partition coefficient (Wildman–Crippen LogP) is 0.720. The lowest BCUT2D eigenvalue weighted by atomic mass is 10.3. The zero-order chi connectivity index (χ0) is 14.6. The van der Waals surface area contributed by atoms with Crippen molar-refractivity contribution in [3.8, 4) is 0 Å². The van der Waals surface area contributed by atoms with Crippen molar-refractivity contribution in [1.82, 2.24) is 0 Å². The molecule has 0 radical (unpaired) electrons. The van der Waals surface area contributed by atoms with Gasteiger partial charge in [0.1, 0.15) is 6.10 Å². The monoisotopic (exact) mass is 304 g/mol. The molecule has 0 aliphatic heterocycles. The fraction of sp³-hybridized carbons (Fsp3) is 0.571. The smallest absolute Gasteiger partial charge is 0.457 e. The summed E-state index contributed by atoms with van der Waals surface area (Å²) >= 11 is 0. The van der Waals surface area contributed by atoms with E-state index in [1.807, 2.05) is 0 Å². The molecular formula is C7H14O9P2. The highest BCUT2D eigenvalue weighted by Gasteiger charge is 2.33. The van der Waals surface area contributed by atoms with Crippen LogP contribution < -0.4 is 0 Å². The molecule has 0 rings (SSSR count). The van der Waals surface area contributed by atoms with Crippen molar-refractivity contribution in [2.24, 2.45) is 0 Å². The normalized spacial score (nSPS) is 16.7. The SMILES string of the molecule is C=C(C)C(=O)OC(C)COP(=O)(O)OP(=O)(O)O. The Bertz CT molecular complexity index is 411. The third-order valence-corrected chi connectivity index (χ3v) is 3.49. The van der Waals surface area contributed by atoms with Crippen molar-refractivity contribution in [3.05, 3.63) is 12.2 Å². The molecule has 0 aliphatic rings. The molecule has 0 aromatic rings. The number of carbonyl (C=O) groups is 1. The van der Waals surface area contributed by atoms with E-state index in [4.69, 9.17) is 19.4 Å². The molecule has 2 unspecified atom stereocenters. The number of hydrogen-bond donors (Lipinski definition) is 3. The molecule has 106 valence electrons. The van der Waals surface area contributed by atoms with Crippen LogP contribution in [0.3, 0.4) is 0 Å². The first-order chi connectivity index (χ1) is 7.93. The molecule has 9 nitrogen and oxygen atoms in total. The van der Waals surface area contributed by atoms with Crippen LogP contribution in [0.15, 0.2) is 12.2 Å². The van der Waals surface area contributed by atoms with Crippen LogP contribution in [0, 0.1) is 0 Å². The highest BCUT2D eigenvalue weighted by Crippen LogP contribution is 2.57. The van der Waals surface area contributed by atoms with Gasteiger partial charge in [0.2, 0.25) is 0 Å². The number of phosphoric ester groups is 1. The molecule has 3 N–H and O–H groups in total. The van der Waals surface area contributed by atoms with Crippen molar-refractivity contribution in [2.75, 3.05) is 6.61 Å². The van der Waals surface area contributed by atoms with E-state index in [9.17, 15) is 13.9 Å². The molecule has 0 saturated heterocycles. The highest BCUT2D eigenvalue weighted by molar-refractivity contribution is 7.60. The van der Waals surface area contributed by atoms with Gasteiger partial charge in [0, 0.05) is 5.57 Å². The molecule has 0 aliphatic carbocycles. The first-order valence-corrected chi connectivity index (χ1v) is 7.56. The maximum absolute atomic E-state index is 11.0. The van der Waals surface area contributed by atoms with Gasteiger partial charge in [-0.1, -0.05) is 6.58 Å². The van der Waals surface area contributed by atoms with E-state index in [1.54, 1.807) is 0 Å². The maximum atomic E-state index is 11.0. The second kappa shape index (κ2) is 6.58. The van der Waals surface area contributed by atoms with Crippen LogP contribution in [0.2, 0.25) is 0 Å². The van der Waals surface area contributed by atoms with Crippen molar-refractivity contribution in [2.45, 2.75) is 20.0 Å². The minimum absolute atomic E-state index is 0.125. The highest BCUT2D eigenvalue weighted by atomic mass is 31.3. The van der Waals surface area contributed by atoms with Gasteiger partial charge in [-0.3, -0.25) is 4.52 Å². The summed E-state index contributed by atoms with van der Waals surface area (Å²) in [5.41, 5.74) is 0.125. The third-order valence-electron chi connectivity index (χ3n) is 1.34. The Morgan fingerprint density at radius 2 is 1.83 bits per heavy atom. The Hall–Kier alpha value is -0.530. The Balaban J connectivity index is 4.24. The Labute approximate surface area is 103 Å². The summed E-state index contributed by atoms with van der Waals surface area (Å²) in [7, 11) is -10.1. The number of rotatable bonds is 7. The molecular weight excluding hydrogens is 290 g/mol. The average molecular weight is 304 g/mol. The summed E-state index contributed by atoms with van der Waals surface area (Å²) in [4.78, 5) is 36.6. The lowest BCUT2D eigenvalue weighted by Crippen LogP contribution is -2.20. The van der Waals surface area contributed by atoms with E-state index in [0.29, 0.717) is 0 Å². The standard InChI is InChI=1S/C7H14O9P2/c1-5(2)7(8)15-6(3)4-14-18(12,13)16-17(9,10)11/h6H,1,4H2,2-3H3,(H,12,13)(H2,9,10,11). The molecule has 0 aromatic carbocycles. The molecule has 0 bridgehead atoms. The Morgan fingerprint density at radius 1 is 1.33 bits per heavy atom. The van der Waals surface area contributed by atoms with E-state index in [-0.39, 0.29) is 5.57 Å². The minimum Gasteiger partial charge on any atom is -0.457 e. The largest absolute Gasteiger partial charge is 0.481 e. The maximum Gasteiger partial charge on any atom is 0.481 e. The molecule has 18 heavy (non-hydrogen) atoms. The van der Waals surface area contributed by atoms with Gasteiger partial charge in [-0.25, -0.2) is 13.9 Å². The fourth-order valence-electron chi connectivity index (χ4n) is 0.674. The van der Waals surface area contributed by atoms with Crippen LogP contribution in [-0.2, 0) is 27.5 Å². The molecule has 0 fully saturated rings. The van der Waals surface area contributed by atoms with Gasteiger partial charge in [0.15, 0.2) is 0 Å². The number of ether oxygens (including phenoxy) is 1. The third kappa shape index (κ3) is 8.54. The number of carbonyl (C=O) groups excluding carboxylic acids is 1. The van der Waals surface area contributed by atoms with Gasteiger partial charge in [0.05, 0.1) is 6.61 Å². The lowest BCUT2D eigenvalue weighted by Gasteiger charge is -2.16.